The number of nitrogens with one attached hydrogen (secondary N) is 1. The van der Waals surface area contributed by atoms with Gasteiger partial charge in [0.1, 0.15) is 5.75 Å². The highest BCUT2D eigenvalue weighted by Gasteiger charge is 2.31. The van der Waals surface area contributed by atoms with Crippen molar-refractivity contribution in [2.45, 2.75) is 32.4 Å². The van der Waals surface area contributed by atoms with Crippen LogP contribution in [0.4, 0.5) is 18.9 Å². The summed E-state index contributed by atoms with van der Waals surface area (Å²) in [5.41, 5.74) is 0.292. The van der Waals surface area contributed by atoms with Crippen molar-refractivity contribution in [1.82, 2.24) is 0 Å². The zero-order valence-electron chi connectivity index (χ0n) is 14.5. The Morgan fingerprint density at radius 1 is 1.00 bits per heavy atom. The SMILES string of the molecule is COc1ccc(C(C)(C)C)cc1NC(=O)c1cccc(C(F)(F)F)c1. The lowest BCUT2D eigenvalue weighted by molar-refractivity contribution is -0.137. The number of carbonyl (C=O) groups is 1. The van der Waals surface area contributed by atoms with E-state index < -0.39 is 17.6 Å². The van der Waals surface area contributed by atoms with Gasteiger partial charge in [0.05, 0.1) is 18.4 Å². The second kappa shape index (κ2) is 6.78. The largest absolute Gasteiger partial charge is 0.495 e. The first kappa shape index (κ1) is 18.8. The molecule has 0 saturated carbocycles. The van der Waals surface area contributed by atoms with Crippen molar-refractivity contribution in [2.75, 3.05) is 12.4 Å². The molecule has 0 aromatic heterocycles. The van der Waals surface area contributed by atoms with Crippen molar-refractivity contribution in [2.24, 2.45) is 0 Å². The third-order valence-corrected chi connectivity index (χ3v) is 3.77. The Morgan fingerprint density at radius 3 is 2.24 bits per heavy atom. The van der Waals surface area contributed by atoms with Crippen LogP contribution in [0, 0.1) is 0 Å². The summed E-state index contributed by atoms with van der Waals surface area (Å²) in [5, 5.41) is 2.64. The van der Waals surface area contributed by atoms with Gasteiger partial charge in [-0.05, 0) is 41.3 Å². The van der Waals surface area contributed by atoms with Gasteiger partial charge in [-0.2, -0.15) is 13.2 Å². The van der Waals surface area contributed by atoms with Crippen molar-refractivity contribution in [1.29, 1.82) is 0 Å². The van der Waals surface area contributed by atoms with Crippen LogP contribution < -0.4 is 10.1 Å². The molecule has 0 fully saturated rings. The lowest BCUT2D eigenvalue weighted by Gasteiger charge is -2.21. The van der Waals surface area contributed by atoms with Crippen molar-refractivity contribution >= 4 is 11.6 Å². The third-order valence-electron chi connectivity index (χ3n) is 3.77. The van der Waals surface area contributed by atoms with E-state index in [1.165, 1.54) is 19.2 Å². The average molecular weight is 351 g/mol. The van der Waals surface area contributed by atoms with Gasteiger partial charge >= 0.3 is 6.18 Å². The molecule has 0 heterocycles. The second-order valence-corrected chi connectivity index (χ2v) is 6.70. The molecule has 25 heavy (non-hydrogen) atoms. The maximum absolute atomic E-state index is 12.8. The summed E-state index contributed by atoms with van der Waals surface area (Å²) in [5.74, 6) is -0.191. The van der Waals surface area contributed by atoms with E-state index in [1.54, 1.807) is 12.1 Å². The van der Waals surface area contributed by atoms with Gasteiger partial charge in [0.15, 0.2) is 0 Å². The zero-order chi connectivity index (χ0) is 18.8. The van der Waals surface area contributed by atoms with Crippen LogP contribution in [0.5, 0.6) is 5.75 Å². The number of carbonyl (C=O) groups excluding carboxylic acids is 1. The summed E-state index contributed by atoms with van der Waals surface area (Å²) in [6.07, 6.45) is -4.50. The van der Waals surface area contributed by atoms with Crippen LogP contribution in [0.2, 0.25) is 0 Å². The smallest absolute Gasteiger partial charge is 0.416 e. The number of halogens is 3. The summed E-state index contributed by atoms with van der Waals surface area (Å²) in [6.45, 7) is 6.06. The molecule has 0 radical (unpaired) electrons. The molecule has 3 nitrogen and oxygen atoms in total. The molecule has 2 rings (SSSR count). The molecule has 1 amide bonds. The van der Waals surface area contributed by atoms with Crippen LogP contribution in [-0.2, 0) is 11.6 Å². The Bertz CT molecular complexity index is 777. The number of amides is 1. The third kappa shape index (κ3) is 4.53. The van der Waals surface area contributed by atoms with Crippen LogP contribution in [0.3, 0.4) is 0 Å². The van der Waals surface area contributed by atoms with E-state index in [0.29, 0.717) is 11.4 Å². The van der Waals surface area contributed by atoms with Crippen molar-refractivity contribution in [3.63, 3.8) is 0 Å². The van der Waals surface area contributed by atoms with Crippen LogP contribution in [-0.4, -0.2) is 13.0 Å². The highest BCUT2D eigenvalue weighted by Crippen LogP contribution is 2.32. The summed E-state index contributed by atoms with van der Waals surface area (Å²) in [4.78, 5) is 12.4. The average Bonchev–Trinajstić information content (AvgIpc) is 2.53. The Hall–Kier alpha value is -2.50. The molecule has 0 saturated heterocycles. The first-order chi connectivity index (χ1) is 11.5. The fourth-order valence-corrected chi connectivity index (χ4v) is 2.30. The van der Waals surface area contributed by atoms with Crippen LogP contribution in [0.15, 0.2) is 42.5 Å². The lowest BCUT2D eigenvalue weighted by Crippen LogP contribution is -2.16. The van der Waals surface area contributed by atoms with Gasteiger partial charge in [-0.1, -0.05) is 32.9 Å². The monoisotopic (exact) mass is 351 g/mol. The number of alkyl halides is 3. The molecular formula is C19H20F3NO2. The Kier molecular flexibility index (Phi) is 5.11. The normalized spacial score (nSPS) is 12.0. The fraction of sp³-hybridized carbons (Fsp3) is 0.316. The molecular weight excluding hydrogens is 331 g/mol. The number of hydrogen-bond donors (Lipinski definition) is 1. The first-order valence-electron chi connectivity index (χ1n) is 7.69. The summed E-state index contributed by atoms with van der Waals surface area (Å²) in [7, 11) is 1.46. The quantitative estimate of drug-likeness (QED) is 0.819. The number of rotatable bonds is 3. The molecule has 0 atom stereocenters. The minimum atomic E-state index is -4.50. The molecule has 0 spiro atoms. The number of hydrogen-bond acceptors (Lipinski definition) is 2. The van der Waals surface area contributed by atoms with Gasteiger partial charge in [-0.15, -0.1) is 0 Å². The van der Waals surface area contributed by atoms with E-state index in [1.807, 2.05) is 26.8 Å². The van der Waals surface area contributed by atoms with Gasteiger partial charge in [-0.3, -0.25) is 4.79 Å². The maximum atomic E-state index is 12.8. The fourth-order valence-electron chi connectivity index (χ4n) is 2.30. The van der Waals surface area contributed by atoms with E-state index in [-0.39, 0.29) is 11.0 Å². The molecule has 0 aliphatic carbocycles. The number of ether oxygens (including phenoxy) is 1. The minimum absolute atomic E-state index is 0.0713. The molecule has 6 heteroatoms. The predicted molar refractivity (Wildman–Crippen MR) is 91.1 cm³/mol. The van der Waals surface area contributed by atoms with E-state index in [2.05, 4.69) is 5.32 Å². The number of methoxy groups -OCH3 is 1. The Balaban J connectivity index is 2.34. The van der Waals surface area contributed by atoms with E-state index in [9.17, 15) is 18.0 Å². The molecule has 0 aliphatic heterocycles. The minimum Gasteiger partial charge on any atom is -0.495 e. The highest BCUT2D eigenvalue weighted by atomic mass is 19.4. The van der Waals surface area contributed by atoms with E-state index in [4.69, 9.17) is 4.74 Å². The van der Waals surface area contributed by atoms with Crippen molar-refractivity contribution in [3.8, 4) is 5.75 Å². The predicted octanol–water partition coefficient (Wildman–Crippen LogP) is 5.26. The van der Waals surface area contributed by atoms with E-state index >= 15 is 0 Å². The van der Waals surface area contributed by atoms with Crippen LogP contribution in [0.25, 0.3) is 0 Å². The van der Waals surface area contributed by atoms with Crippen molar-refractivity contribution in [3.05, 3.63) is 59.2 Å². The zero-order valence-corrected chi connectivity index (χ0v) is 14.5. The van der Waals surface area contributed by atoms with Gasteiger partial charge in [0, 0.05) is 5.56 Å². The number of benzene rings is 2. The van der Waals surface area contributed by atoms with Crippen LogP contribution in [0.1, 0.15) is 42.3 Å². The Labute approximate surface area is 144 Å². The molecule has 0 aliphatic rings. The van der Waals surface area contributed by atoms with Crippen LogP contribution >= 0.6 is 0 Å². The van der Waals surface area contributed by atoms with Gasteiger partial charge < -0.3 is 10.1 Å². The van der Waals surface area contributed by atoms with Gasteiger partial charge in [0.25, 0.3) is 5.91 Å². The highest BCUT2D eigenvalue weighted by molar-refractivity contribution is 6.05. The molecule has 0 bridgehead atoms. The molecule has 2 aromatic carbocycles. The van der Waals surface area contributed by atoms with Gasteiger partial charge in [-0.25, -0.2) is 0 Å². The van der Waals surface area contributed by atoms with E-state index in [0.717, 1.165) is 17.7 Å². The lowest BCUT2D eigenvalue weighted by atomic mass is 9.87. The molecule has 1 N–H and O–H groups in total. The standard InChI is InChI=1S/C19H20F3NO2/c1-18(2,3)13-8-9-16(25-4)15(11-13)23-17(24)12-6-5-7-14(10-12)19(20,21)22/h5-11H,1-4H3,(H,23,24). The second-order valence-electron chi connectivity index (χ2n) is 6.70. The molecule has 2 aromatic rings. The summed E-state index contributed by atoms with van der Waals surface area (Å²) < 4.78 is 43.7. The topological polar surface area (TPSA) is 38.3 Å². The summed E-state index contributed by atoms with van der Waals surface area (Å²) >= 11 is 0. The van der Waals surface area contributed by atoms with Crippen molar-refractivity contribution < 1.29 is 22.7 Å². The summed E-state index contributed by atoms with van der Waals surface area (Å²) in [6, 6.07) is 9.68. The Morgan fingerprint density at radius 2 is 1.68 bits per heavy atom. The molecule has 134 valence electrons. The van der Waals surface area contributed by atoms with Gasteiger partial charge in [0.2, 0.25) is 0 Å². The molecule has 0 unspecified atom stereocenters. The number of anilines is 1. The first-order valence-corrected chi connectivity index (χ1v) is 7.69. The maximum Gasteiger partial charge on any atom is 0.416 e.